The lowest BCUT2D eigenvalue weighted by molar-refractivity contribution is 1.15. The number of benzene rings is 2. The number of nitrogens with two attached hydrogens (primary N) is 1. The van der Waals surface area contributed by atoms with Crippen molar-refractivity contribution in [3.63, 3.8) is 0 Å². The normalized spacial score (nSPS) is 15.8. The minimum Gasteiger partial charge on any atom is -0.397 e. The van der Waals surface area contributed by atoms with Gasteiger partial charge in [0.2, 0.25) is 0 Å². The summed E-state index contributed by atoms with van der Waals surface area (Å²) >= 11 is 6.14. The van der Waals surface area contributed by atoms with E-state index in [-0.39, 0.29) is 0 Å². The molecule has 0 saturated heterocycles. The van der Waals surface area contributed by atoms with E-state index < -0.39 is 0 Å². The number of halogens is 1. The summed E-state index contributed by atoms with van der Waals surface area (Å²) in [5.41, 5.74) is 8.05. The molecule has 1 saturated carbocycles. The molecule has 2 heteroatoms. The van der Waals surface area contributed by atoms with Crippen LogP contribution in [0, 0.1) is 0 Å². The average Bonchev–Trinajstić information content (AvgIpc) is 3.07. The maximum absolute atomic E-state index is 6.14. The highest BCUT2D eigenvalue weighted by atomic mass is 35.5. The van der Waals surface area contributed by atoms with Crippen LogP contribution in [0.5, 0.6) is 0 Å². The quantitative estimate of drug-likeness (QED) is 0.720. The van der Waals surface area contributed by atoms with Crippen molar-refractivity contribution in [2.45, 2.75) is 18.8 Å². The first-order valence-corrected chi connectivity index (χ1v) is 5.62. The molecule has 1 aliphatic rings. The predicted octanol–water partition coefficient (Wildman–Crippen LogP) is 3.95. The molecule has 76 valence electrons. The smallest absolute Gasteiger partial charge is 0.0644 e. The average molecular weight is 218 g/mol. The maximum atomic E-state index is 6.14. The van der Waals surface area contributed by atoms with Crippen molar-refractivity contribution in [2.24, 2.45) is 0 Å². The van der Waals surface area contributed by atoms with Crippen LogP contribution in [-0.4, -0.2) is 0 Å². The van der Waals surface area contributed by atoms with E-state index in [1.165, 1.54) is 23.8 Å². The molecule has 1 fully saturated rings. The summed E-state index contributed by atoms with van der Waals surface area (Å²) in [4.78, 5) is 0. The van der Waals surface area contributed by atoms with Crippen LogP contribution >= 0.6 is 11.6 Å². The minimum atomic E-state index is 0.690. The van der Waals surface area contributed by atoms with E-state index in [1.807, 2.05) is 18.2 Å². The van der Waals surface area contributed by atoms with Crippen molar-refractivity contribution in [3.8, 4) is 0 Å². The molecule has 0 aromatic heterocycles. The van der Waals surface area contributed by atoms with Gasteiger partial charge in [0.25, 0.3) is 0 Å². The number of hydrogen-bond donors (Lipinski definition) is 1. The Morgan fingerprint density at radius 2 is 1.80 bits per heavy atom. The van der Waals surface area contributed by atoms with Gasteiger partial charge in [-0.15, -0.1) is 0 Å². The first kappa shape index (κ1) is 9.05. The van der Waals surface area contributed by atoms with Crippen molar-refractivity contribution in [3.05, 3.63) is 40.9 Å². The largest absolute Gasteiger partial charge is 0.397 e. The zero-order valence-corrected chi connectivity index (χ0v) is 9.09. The molecule has 2 aromatic carbocycles. The molecular formula is C13H12ClN. The second-order valence-corrected chi connectivity index (χ2v) is 4.59. The summed E-state index contributed by atoms with van der Waals surface area (Å²) in [6, 6.07) is 10.3. The van der Waals surface area contributed by atoms with Gasteiger partial charge in [0.1, 0.15) is 0 Å². The molecule has 0 spiro atoms. The molecule has 1 nitrogen and oxygen atoms in total. The van der Waals surface area contributed by atoms with Crippen molar-refractivity contribution in [1.29, 1.82) is 0 Å². The fourth-order valence-electron chi connectivity index (χ4n) is 2.12. The highest BCUT2D eigenvalue weighted by Crippen LogP contribution is 2.45. The Labute approximate surface area is 93.8 Å². The minimum absolute atomic E-state index is 0.690. The van der Waals surface area contributed by atoms with Crippen LogP contribution < -0.4 is 5.73 Å². The molecule has 0 radical (unpaired) electrons. The molecule has 15 heavy (non-hydrogen) atoms. The van der Waals surface area contributed by atoms with E-state index in [0.29, 0.717) is 16.6 Å². The number of anilines is 1. The Kier molecular flexibility index (Phi) is 1.89. The Morgan fingerprint density at radius 1 is 1.13 bits per heavy atom. The van der Waals surface area contributed by atoms with Crippen LogP contribution in [0.25, 0.3) is 10.8 Å². The van der Waals surface area contributed by atoms with Crippen LogP contribution in [0.15, 0.2) is 30.3 Å². The van der Waals surface area contributed by atoms with Crippen molar-refractivity contribution >= 4 is 28.1 Å². The summed E-state index contributed by atoms with van der Waals surface area (Å²) in [7, 11) is 0. The molecule has 2 aromatic rings. The predicted molar refractivity (Wildman–Crippen MR) is 65.3 cm³/mol. The van der Waals surface area contributed by atoms with Gasteiger partial charge in [0, 0.05) is 5.39 Å². The Bertz CT molecular complexity index is 529. The van der Waals surface area contributed by atoms with Crippen molar-refractivity contribution < 1.29 is 0 Å². The Balaban J connectivity index is 2.39. The number of fused-ring (bicyclic) bond motifs is 1. The van der Waals surface area contributed by atoms with Gasteiger partial charge in [-0.1, -0.05) is 35.9 Å². The molecule has 0 bridgehead atoms. The molecule has 1 aliphatic carbocycles. The van der Waals surface area contributed by atoms with E-state index in [1.54, 1.807) is 0 Å². The van der Waals surface area contributed by atoms with Crippen LogP contribution in [0.1, 0.15) is 24.3 Å². The van der Waals surface area contributed by atoms with Crippen LogP contribution in [0.4, 0.5) is 5.69 Å². The zero-order valence-electron chi connectivity index (χ0n) is 8.33. The Morgan fingerprint density at radius 3 is 2.47 bits per heavy atom. The number of rotatable bonds is 1. The van der Waals surface area contributed by atoms with Gasteiger partial charge in [-0.2, -0.15) is 0 Å². The molecule has 0 unspecified atom stereocenters. The Hall–Kier alpha value is -1.21. The standard InChI is InChI=1S/C13H12ClN/c14-12-7-11(8-5-6-8)9-3-1-2-4-10(9)13(12)15/h1-4,7-8H,5-6,15H2. The fourth-order valence-corrected chi connectivity index (χ4v) is 2.34. The fraction of sp³-hybridized carbons (Fsp3) is 0.231. The lowest BCUT2D eigenvalue weighted by Crippen LogP contribution is -1.92. The zero-order chi connectivity index (χ0) is 10.4. The van der Waals surface area contributed by atoms with E-state index in [2.05, 4.69) is 12.1 Å². The second kappa shape index (κ2) is 3.14. The molecule has 3 rings (SSSR count). The van der Waals surface area contributed by atoms with E-state index >= 15 is 0 Å². The first-order chi connectivity index (χ1) is 7.27. The van der Waals surface area contributed by atoms with E-state index in [9.17, 15) is 0 Å². The molecule has 2 N–H and O–H groups in total. The van der Waals surface area contributed by atoms with Gasteiger partial charge < -0.3 is 5.73 Å². The lowest BCUT2D eigenvalue weighted by atomic mass is 10.00. The van der Waals surface area contributed by atoms with Gasteiger partial charge >= 0.3 is 0 Å². The van der Waals surface area contributed by atoms with Crippen LogP contribution in [-0.2, 0) is 0 Å². The van der Waals surface area contributed by atoms with Gasteiger partial charge in [0.05, 0.1) is 10.7 Å². The molecular weight excluding hydrogens is 206 g/mol. The van der Waals surface area contributed by atoms with E-state index in [0.717, 1.165) is 5.39 Å². The summed E-state index contributed by atoms with van der Waals surface area (Å²) in [5, 5.41) is 3.05. The monoisotopic (exact) mass is 217 g/mol. The highest BCUT2D eigenvalue weighted by molar-refractivity contribution is 6.34. The van der Waals surface area contributed by atoms with Gasteiger partial charge in [-0.25, -0.2) is 0 Å². The third-order valence-corrected chi connectivity index (χ3v) is 3.40. The van der Waals surface area contributed by atoms with Gasteiger partial charge in [0.15, 0.2) is 0 Å². The third kappa shape index (κ3) is 1.38. The highest BCUT2D eigenvalue weighted by Gasteiger charge is 2.26. The summed E-state index contributed by atoms with van der Waals surface area (Å²) in [6.45, 7) is 0. The molecule has 0 aliphatic heterocycles. The molecule has 0 heterocycles. The summed E-state index contributed by atoms with van der Waals surface area (Å²) in [6.07, 6.45) is 2.56. The topological polar surface area (TPSA) is 26.0 Å². The number of hydrogen-bond acceptors (Lipinski definition) is 1. The molecule has 0 amide bonds. The van der Waals surface area contributed by atoms with Gasteiger partial charge in [-0.05, 0) is 35.8 Å². The SMILES string of the molecule is Nc1c(Cl)cc(C2CC2)c2ccccc12. The van der Waals surface area contributed by atoms with Crippen LogP contribution in [0.2, 0.25) is 5.02 Å². The first-order valence-electron chi connectivity index (χ1n) is 5.24. The third-order valence-electron chi connectivity index (χ3n) is 3.08. The van der Waals surface area contributed by atoms with Gasteiger partial charge in [-0.3, -0.25) is 0 Å². The van der Waals surface area contributed by atoms with E-state index in [4.69, 9.17) is 17.3 Å². The second-order valence-electron chi connectivity index (χ2n) is 4.18. The van der Waals surface area contributed by atoms with Crippen LogP contribution in [0.3, 0.4) is 0 Å². The van der Waals surface area contributed by atoms with Crippen molar-refractivity contribution in [2.75, 3.05) is 5.73 Å². The lowest BCUT2D eigenvalue weighted by Gasteiger charge is -2.09. The summed E-state index contributed by atoms with van der Waals surface area (Å²) in [5.74, 6) is 0.702. The molecule has 0 atom stereocenters. The maximum Gasteiger partial charge on any atom is 0.0644 e. The number of nitrogen functional groups attached to an aromatic ring is 1. The summed E-state index contributed by atoms with van der Waals surface area (Å²) < 4.78 is 0. The van der Waals surface area contributed by atoms with Crippen molar-refractivity contribution in [1.82, 2.24) is 0 Å².